The van der Waals surface area contributed by atoms with Crippen LogP contribution in [-0.4, -0.2) is 36.6 Å². The van der Waals surface area contributed by atoms with E-state index in [1.54, 1.807) is 20.8 Å². The molecular weight excluding hydrogens is 208 g/mol. The smallest absolute Gasteiger partial charge is 0.320 e. The van der Waals surface area contributed by atoms with E-state index in [0.717, 1.165) is 0 Å². The van der Waals surface area contributed by atoms with Gasteiger partial charge < -0.3 is 10.1 Å². The molecule has 5 nitrogen and oxygen atoms in total. The summed E-state index contributed by atoms with van der Waals surface area (Å²) in [6.45, 7) is 9.10. The van der Waals surface area contributed by atoms with Crippen molar-refractivity contribution in [3.8, 4) is 0 Å². The molecule has 0 saturated carbocycles. The summed E-state index contributed by atoms with van der Waals surface area (Å²) in [4.78, 5) is 22.6. The van der Waals surface area contributed by atoms with Gasteiger partial charge in [-0.2, -0.15) is 0 Å². The van der Waals surface area contributed by atoms with Crippen molar-refractivity contribution in [2.45, 2.75) is 52.8 Å². The lowest BCUT2D eigenvalue weighted by atomic mass is 10.3. The fourth-order valence-corrected chi connectivity index (χ4v) is 1.04. The number of ether oxygens (including phenoxy) is 1. The number of carbonyl (C=O) groups excluding carboxylic acids is 2. The molecule has 0 heterocycles. The minimum Gasteiger partial charge on any atom is -0.462 e. The first kappa shape index (κ1) is 14.9. The summed E-state index contributed by atoms with van der Waals surface area (Å²) in [6, 6.07) is -0.304. The minimum atomic E-state index is -0.401. The summed E-state index contributed by atoms with van der Waals surface area (Å²) in [5.41, 5.74) is 0. The molecular formula is C11H22N2O3. The predicted octanol–water partition coefficient (Wildman–Crippen LogP) is 0.441. The van der Waals surface area contributed by atoms with Crippen LogP contribution in [0.2, 0.25) is 0 Å². The SMILES string of the molecule is CC(C)NC(=O)C(C)NCC(=O)OC(C)C. The topological polar surface area (TPSA) is 67.4 Å². The van der Waals surface area contributed by atoms with E-state index in [9.17, 15) is 9.59 Å². The molecule has 1 amide bonds. The first-order chi connectivity index (χ1) is 7.32. The van der Waals surface area contributed by atoms with Gasteiger partial charge in [0, 0.05) is 6.04 Å². The largest absolute Gasteiger partial charge is 0.462 e. The summed E-state index contributed by atoms with van der Waals surface area (Å²) in [7, 11) is 0. The lowest BCUT2D eigenvalue weighted by Crippen LogP contribution is -2.46. The Balaban J connectivity index is 3.84. The molecule has 0 aromatic heterocycles. The van der Waals surface area contributed by atoms with E-state index >= 15 is 0 Å². The van der Waals surface area contributed by atoms with Crippen LogP contribution in [0.4, 0.5) is 0 Å². The molecule has 0 radical (unpaired) electrons. The number of nitrogens with one attached hydrogen (secondary N) is 2. The molecule has 0 rings (SSSR count). The Labute approximate surface area is 96.9 Å². The summed E-state index contributed by atoms with van der Waals surface area (Å²) >= 11 is 0. The molecule has 5 heteroatoms. The van der Waals surface area contributed by atoms with Crippen LogP contribution < -0.4 is 10.6 Å². The maximum Gasteiger partial charge on any atom is 0.320 e. The molecule has 0 aliphatic heterocycles. The first-order valence-corrected chi connectivity index (χ1v) is 5.56. The van der Waals surface area contributed by atoms with Crippen molar-refractivity contribution in [3.05, 3.63) is 0 Å². The molecule has 0 saturated heterocycles. The van der Waals surface area contributed by atoms with E-state index in [2.05, 4.69) is 10.6 Å². The van der Waals surface area contributed by atoms with Crippen LogP contribution in [0.5, 0.6) is 0 Å². The van der Waals surface area contributed by atoms with Gasteiger partial charge in [-0.05, 0) is 34.6 Å². The number of esters is 1. The Morgan fingerprint density at radius 2 is 1.69 bits per heavy atom. The van der Waals surface area contributed by atoms with Gasteiger partial charge in [0.25, 0.3) is 0 Å². The highest BCUT2D eigenvalue weighted by Gasteiger charge is 2.14. The zero-order chi connectivity index (χ0) is 12.7. The van der Waals surface area contributed by atoms with Crippen molar-refractivity contribution in [2.75, 3.05) is 6.54 Å². The Morgan fingerprint density at radius 3 is 2.12 bits per heavy atom. The number of amides is 1. The van der Waals surface area contributed by atoms with Crippen molar-refractivity contribution < 1.29 is 14.3 Å². The van der Waals surface area contributed by atoms with Gasteiger partial charge in [-0.1, -0.05) is 0 Å². The highest BCUT2D eigenvalue weighted by molar-refractivity contribution is 5.82. The molecule has 0 aromatic carbocycles. The fourth-order valence-electron chi connectivity index (χ4n) is 1.04. The monoisotopic (exact) mass is 230 g/mol. The highest BCUT2D eigenvalue weighted by atomic mass is 16.5. The van der Waals surface area contributed by atoms with Gasteiger partial charge in [0.1, 0.15) is 0 Å². The Kier molecular flexibility index (Phi) is 6.72. The van der Waals surface area contributed by atoms with Gasteiger partial charge in [-0.25, -0.2) is 0 Å². The predicted molar refractivity (Wildman–Crippen MR) is 62.0 cm³/mol. The van der Waals surface area contributed by atoms with Gasteiger partial charge in [-0.3, -0.25) is 14.9 Å². The maximum absolute atomic E-state index is 11.5. The van der Waals surface area contributed by atoms with Crippen LogP contribution in [-0.2, 0) is 14.3 Å². The molecule has 0 bridgehead atoms. The fraction of sp³-hybridized carbons (Fsp3) is 0.818. The minimum absolute atomic E-state index is 0.0465. The van der Waals surface area contributed by atoms with Crippen molar-refractivity contribution >= 4 is 11.9 Å². The summed E-state index contributed by atoms with van der Waals surface area (Å²) < 4.78 is 4.93. The van der Waals surface area contributed by atoms with Crippen LogP contribution in [0.25, 0.3) is 0 Å². The number of hydrogen-bond acceptors (Lipinski definition) is 4. The van der Waals surface area contributed by atoms with Crippen molar-refractivity contribution in [2.24, 2.45) is 0 Å². The third kappa shape index (κ3) is 7.23. The summed E-state index contributed by atoms with van der Waals surface area (Å²) in [5.74, 6) is -0.466. The average molecular weight is 230 g/mol. The van der Waals surface area contributed by atoms with Gasteiger partial charge >= 0.3 is 5.97 Å². The van der Waals surface area contributed by atoms with Crippen LogP contribution in [0, 0.1) is 0 Å². The van der Waals surface area contributed by atoms with Crippen LogP contribution in [0.15, 0.2) is 0 Å². The Bertz CT molecular complexity index is 239. The van der Waals surface area contributed by atoms with E-state index in [4.69, 9.17) is 4.74 Å². The zero-order valence-corrected chi connectivity index (χ0v) is 10.7. The maximum atomic E-state index is 11.5. The zero-order valence-electron chi connectivity index (χ0n) is 10.7. The van der Waals surface area contributed by atoms with Crippen LogP contribution in [0.3, 0.4) is 0 Å². The molecule has 0 aromatic rings. The molecule has 0 aliphatic rings. The van der Waals surface area contributed by atoms with Crippen LogP contribution in [0.1, 0.15) is 34.6 Å². The van der Waals surface area contributed by atoms with E-state index in [1.807, 2.05) is 13.8 Å². The molecule has 1 unspecified atom stereocenters. The van der Waals surface area contributed by atoms with E-state index in [1.165, 1.54) is 0 Å². The van der Waals surface area contributed by atoms with Crippen molar-refractivity contribution in [1.29, 1.82) is 0 Å². The number of rotatable bonds is 6. The molecule has 2 N–H and O–H groups in total. The van der Waals surface area contributed by atoms with E-state index < -0.39 is 6.04 Å². The molecule has 94 valence electrons. The summed E-state index contributed by atoms with van der Waals surface area (Å²) in [5, 5.41) is 5.56. The van der Waals surface area contributed by atoms with Crippen molar-refractivity contribution in [1.82, 2.24) is 10.6 Å². The van der Waals surface area contributed by atoms with Gasteiger partial charge in [-0.15, -0.1) is 0 Å². The number of carbonyl (C=O) groups is 2. The molecule has 16 heavy (non-hydrogen) atoms. The lowest BCUT2D eigenvalue weighted by Gasteiger charge is -2.16. The lowest BCUT2D eigenvalue weighted by molar-refractivity contribution is -0.146. The molecule has 1 atom stereocenters. The quantitative estimate of drug-likeness (QED) is 0.650. The van der Waals surface area contributed by atoms with E-state index in [0.29, 0.717) is 0 Å². The second-order valence-electron chi connectivity index (χ2n) is 4.30. The normalized spacial score (nSPS) is 12.7. The third-order valence-electron chi connectivity index (χ3n) is 1.74. The average Bonchev–Trinajstić information content (AvgIpc) is 2.11. The molecule has 0 spiro atoms. The summed E-state index contributed by atoms with van der Waals surface area (Å²) in [6.07, 6.45) is -0.130. The molecule has 0 aliphatic carbocycles. The second kappa shape index (κ2) is 7.22. The Hall–Kier alpha value is -1.10. The van der Waals surface area contributed by atoms with Crippen LogP contribution >= 0.6 is 0 Å². The first-order valence-electron chi connectivity index (χ1n) is 5.56. The van der Waals surface area contributed by atoms with Gasteiger partial charge in [0.15, 0.2) is 0 Å². The standard InChI is InChI=1S/C11H22N2O3/c1-7(2)13-11(15)9(5)12-6-10(14)16-8(3)4/h7-9,12H,6H2,1-5H3,(H,13,15). The van der Waals surface area contributed by atoms with E-state index in [-0.39, 0.29) is 30.6 Å². The van der Waals surface area contributed by atoms with Gasteiger partial charge in [0.05, 0.1) is 18.7 Å². The van der Waals surface area contributed by atoms with Gasteiger partial charge in [0.2, 0.25) is 5.91 Å². The molecule has 0 fully saturated rings. The third-order valence-corrected chi connectivity index (χ3v) is 1.74. The highest BCUT2D eigenvalue weighted by Crippen LogP contribution is 1.89. The number of hydrogen-bond donors (Lipinski definition) is 2. The second-order valence-corrected chi connectivity index (χ2v) is 4.30. The Morgan fingerprint density at radius 1 is 1.12 bits per heavy atom. The van der Waals surface area contributed by atoms with Crippen molar-refractivity contribution in [3.63, 3.8) is 0 Å².